The summed E-state index contributed by atoms with van der Waals surface area (Å²) in [6.07, 6.45) is 3.07. The topological polar surface area (TPSA) is 85.1 Å². The Morgan fingerprint density at radius 1 is 1.47 bits per heavy atom. The molecule has 0 radical (unpaired) electrons. The quantitative estimate of drug-likeness (QED) is 0.837. The second-order valence-electron chi connectivity index (χ2n) is 4.66. The van der Waals surface area contributed by atoms with Gasteiger partial charge < -0.3 is 5.73 Å². The van der Waals surface area contributed by atoms with Crippen molar-refractivity contribution in [1.82, 2.24) is 9.71 Å². The fourth-order valence-electron chi connectivity index (χ4n) is 1.69. The predicted octanol–water partition coefficient (Wildman–Crippen LogP) is 1.52. The molecule has 0 aliphatic rings. The van der Waals surface area contributed by atoms with E-state index >= 15 is 0 Å². The number of nitrogens with zero attached hydrogens (tertiary/aromatic N) is 1. The molecule has 0 aromatic carbocycles. The molecule has 0 saturated carbocycles. The van der Waals surface area contributed by atoms with Gasteiger partial charge >= 0.3 is 0 Å². The van der Waals surface area contributed by atoms with E-state index in [1.807, 2.05) is 20.8 Å². The van der Waals surface area contributed by atoms with E-state index in [0.717, 1.165) is 12.8 Å². The third-order valence-corrected chi connectivity index (χ3v) is 4.04. The highest BCUT2D eigenvalue weighted by Gasteiger charge is 2.25. The van der Waals surface area contributed by atoms with Crippen LogP contribution in [0.1, 0.15) is 33.6 Å². The van der Waals surface area contributed by atoms with Gasteiger partial charge in [0.2, 0.25) is 10.0 Å². The highest BCUT2D eigenvalue weighted by molar-refractivity contribution is 7.89. The molecule has 96 valence electrons. The molecule has 0 aliphatic heterocycles. The second kappa shape index (κ2) is 5.01. The van der Waals surface area contributed by atoms with Crippen molar-refractivity contribution in [2.75, 3.05) is 5.73 Å². The van der Waals surface area contributed by atoms with E-state index in [9.17, 15) is 8.42 Å². The molecule has 0 amide bonds. The lowest BCUT2D eigenvalue weighted by molar-refractivity contribution is 0.417. The van der Waals surface area contributed by atoms with Crippen molar-refractivity contribution in [1.29, 1.82) is 0 Å². The smallest absolute Gasteiger partial charge is 0.241 e. The Balaban J connectivity index is 2.97. The zero-order valence-corrected chi connectivity index (χ0v) is 11.2. The molecule has 0 aliphatic carbocycles. The minimum absolute atomic E-state index is 0.147. The number of rotatable bonds is 5. The molecule has 17 heavy (non-hydrogen) atoms. The maximum atomic E-state index is 12.1. The van der Waals surface area contributed by atoms with Crippen LogP contribution in [-0.2, 0) is 10.0 Å². The summed E-state index contributed by atoms with van der Waals surface area (Å²) < 4.78 is 26.8. The van der Waals surface area contributed by atoms with Gasteiger partial charge in [-0.2, -0.15) is 0 Å². The standard InChI is InChI=1S/C11H19N3O2S/c1-4-6-11(2,3)14-17(15,16)9-5-7-13-10(12)8-9/h5,7-8,14H,4,6H2,1-3H3,(H2,12,13). The third kappa shape index (κ3) is 3.98. The molecule has 1 rings (SSSR count). The van der Waals surface area contributed by atoms with Gasteiger partial charge in [-0.3, -0.25) is 0 Å². The normalized spacial score (nSPS) is 12.6. The summed E-state index contributed by atoms with van der Waals surface area (Å²) in [6, 6.07) is 2.78. The average Bonchev–Trinajstić information content (AvgIpc) is 2.15. The van der Waals surface area contributed by atoms with Crippen LogP contribution in [0.2, 0.25) is 0 Å². The molecule has 0 spiro atoms. The lowest BCUT2D eigenvalue weighted by atomic mass is 10.0. The minimum Gasteiger partial charge on any atom is -0.384 e. The molecule has 3 N–H and O–H groups in total. The number of sulfonamides is 1. The van der Waals surface area contributed by atoms with Crippen molar-refractivity contribution in [2.45, 2.75) is 44.0 Å². The third-order valence-electron chi connectivity index (χ3n) is 2.35. The maximum absolute atomic E-state index is 12.1. The number of anilines is 1. The molecular formula is C11H19N3O2S. The summed E-state index contributed by atoms with van der Waals surface area (Å²) in [5.74, 6) is 0.196. The van der Waals surface area contributed by atoms with Crippen molar-refractivity contribution in [2.24, 2.45) is 0 Å². The zero-order chi connectivity index (χ0) is 13.1. The molecule has 1 aromatic heterocycles. The van der Waals surface area contributed by atoms with E-state index in [4.69, 9.17) is 5.73 Å². The number of nitrogen functional groups attached to an aromatic ring is 1. The van der Waals surface area contributed by atoms with Crippen LogP contribution in [0.5, 0.6) is 0 Å². The lowest BCUT2D eigenvalue weighted by Crippen LogP contribution is -2.43. The van der Waals surface area contributed by atoms with E-state index in [-0.39, 0.29) is 10.7 Å². The van der Waals surface area contributed by atoms with Crippen LogP contribution in [-0.4, -0.2) is 18.9 Å². The van der Waals surface area contributed by atoms with Crippen LogP contribution in [0, 0.1) is 0 Å². The van der Waals surface area contributed by atoms with Gasteiger partial charge in [0, 0.05) is 17.8 Å². The van der Waals surface area contributed by atoms with Gasteiger partial charge in [0.1, 0.15) is 5.82 Å². The van der Waals surface area contributed by atoms with Crippen LogP contribution >= 0.6 is 0 Å². The van der Waals surface area contributed by atoms with E-state index < -0.39 is 15.6 Å². The number of aromatic nitrogens is 1. The Morgan fingerprint density at radius 3 is 2.65 bits per heavy atom. The fraction of sp³-hybridized carbons (Fsp3) is 0.545. The first-order valence-corrected chi connectivity index (χ1v) is 7.01. The van der Waals surface area contributed by atoms with Crippen LogP contribution < -0.4 is 10.5 Å². The highest BCUT2D eigenvalue weighted by atomic mass is 32.2. The molecule has 0 fully saturated rings. The monoisotopic (exact) mass is 257 g/mol. The zero-order valence-electron chi connectivity index (χ0n) is 10.4. The van der Waals surface area contributed by atoms with Gasteiger partial charge in [0.25, 0.3) is 0 Å². The van der Waals surface area contributed by atoms with E-state index in [2.05, 4.69) is 9.71 Å². The SMILES string of the molecule is CCCC(C)(C)NS(=O)(=O)c1ccnc(N)c1. The molecule has 0 bridgehead atoms. The first kappa shape index (κ1) is 13.9. The number of pyridine rings is 1. The van der Waals surface area contributed by atoms with Crippen LogP contribution in [0.3, 0.4) is 0 Å². The van der Waals surface area contributed by atoms with Gasteiger partial charge in [-0.1, -0.05) is 13.3 Å². The van der Waals surface area contributed by atoms with Crippen LogP contribution in [0.4, 0.5) is 5.82 Å². The Kier molecular flexibility index (Phi) is 4.11. The molecule has 0 saturated heterocycles. The fourth-order valence-corrected chi connectivity index (χ4v) is 3.16. The molecule has 5 nitrogen and oxygen atoms in total. The first-order valence-electron chi connectivity index (χ1n) is 5.52. The first-order chi connectivity index (χ1) is 7.77. The highest BCUT2D eigenvalue weighted by Crippen LogP contribution is 2.17. The number of nitrogens with two attached hydrogens (primary N) is 1. The summed E-state index contributed by atoms with van der Waals surface area (Å²) in [4.78, 5) is 3.92. The molecule has 6 heteroatoms. The summed E-state index contributed by atoms with van der Waals surface area (Å²) in [5.41, 5.74) is 5.01. The number of nitrogens with one attached hydrogen (secondary N) is 1. The largest absolute Gasteiger partial charge is 0.384 e. The molecule has 1 heterocycles. The van der Waals surface area contributed by atoms with Gasteiger partial charge in [-0.25, -0.2) is 18.1 Å². The Morgan fingerprint density at radius 2 is 2.12 bits per heavy atom. The Labute approximate surface area is 102 Å². The van der Waals surface area contributed by atoms with Crippen LogP contribution in [0.25, 0.3) is 0 Å². The van der Waals surface area contributed by atoms with E-state index in [0.29, 0.717) is 0 Å². The van der Waals surface area contributed by atoms with Crippen LogP contribution in [0.15, 0.2) is 23.2 Å². The van der Waals surface area contributed by atoms with Gasteiger partial charge in [0.15, 0.2) is 0 Å². The second-order valence-corrected chi connectivity index (χ2v) is 6.34. The van der Waals surface area contributed by atoms with Crippen molar-refractivity contribution >= 4 is 15.8 Å². The van der Waals surface area contributed by atoms with Gasteiger partial charge in [-0.15, -0.1) is 0 Å². The number of hydrogen-bond acceptors (Lipinski definition) is 4. The Bertz CT molecular complexity index is 483. The minimum atomic E-state index is -3.53. The molecule has 1 aromatic rings. The lowest BCUT2D eigenvalue weighted by Gasteiger charge is -2.25. The summed E-state index contributed by atoms with van der Waals surface area (Å²) >= 11 is 0. The van der Waals surface area contributed by atoms with Crippen molar-refractivity contribution < 1.29 is 8.42 Å². The molecular weight excluding hydrogens is 238 g/mol. The van der Waals surface area contributed by atoms with E-state index in [1.165, 1.54) is 18.3 Å². The summed E-state index contributed by atoms with van der Waals surface area (Å²) in [7, 11) is -3.53. The van der Waals surface area contributed by atoms with E-state index in [1.54, 1.807) is 0 Å². The Hall–Kier alpha value is -1.14. The molecule has 0 unspecified atom stereocenters. The average molecular weight is 257 g/mol. The van der Waals surface area contributed by atoms with Gasteiger partial charge in [-0.05, 0) is 26.3 Å². The van der Waals surface area contributed by atoms with Gasteiger partial charge in [0.05, 0.1) is 4.90 Å². The number of hydrogen-bond donors (Lipinski definition) is 2. The van der Waals surface area contributed by atoms with Crippen molar-refractivity contribution in [3.8, 4) is 0 Å². The van der Waals surface area contributed by atoms with Crippen molar-refractivity contribution in [3.05, 3.63) is 18.3 Å². The van der Waals surface area contributed by atoms with Crippen molar-refractivity contribution in [3.63, 3.8) is 0 Å². The maximum Gasteiger partial charge on any atom is 0.241 e. The predicted molar refractivity (Wildman–Crippen MR) is 68.0 cm³/mol. The molecule has 0 atom stereocenters. The summed E-state index contributed by atoms with van der Waals surface area (Å²) in [5, 5.41) is 0. The summed E-state index contributed by atoms with van der Waals surface area (Å²) in [6.45, 7) is 5.73.